The van der Waals surface area contributed by atoms with Crippen molar-refractivity contribution in [1.82, 2.24) is 5.32 Å². The minimum atomic E-state index is 0.533. The number of hydrogen-bond donors (Lipinski definition) is 1. The van der Waals surface area contributed by atoms with E-state index in [1.54, 1.807) is 7.11 Å². The summed E-state index contributed by atoms with van der Waals surface area (Å²) in [5, 5.41) is 3.83. The molecule has 2 saturated carbocycles. The maximum absolute atomic E-state index is 5.23. The summed E-state index contributed by atoms with van der Waals surface area (Å²) in [6.45, 7) is 1.20. The normalized spacial score (nSPS) is 27.3. The molecule has 2 aliphatic rings. The van der Waals surface area contributed by atoms with E-state index in [9.17, 15) is 0 Å². The zero-order valence-electron chi connectivity index (χ0n) is 13.2. The van der Waals surface area contributed by atoms with Crippen LogP contribution in [0.1, 0.15) is 50.0 Å². The average Bonchev–Trinajstić information content (AvgIpc) is 2.96. The van der Waals surface area contributed by atoms with Gasteiger partial charge in [-0.05, 0) is 55.6 Å². The molecular formula is C18H27NOS. The summed E-state index contributed by atoms with van der Waals surface area (Å²) in [5.41, 5.74) is 1.47. The van der Waals surface area contributed by atoms with Gasteiger partial charge in [0.25, 0.3) is 0 Å². The lowest BCUT2D eigenvalue weighted by atomic mass is 9.75. The van der Waals surface area contributed by atoms with Crippen molar-refractivity contribution >= 4 is 11.8 Å². The first-order chi connectivity index (χ1) is 10.2. The van der Waals surface area contributed by atoms with Gasteiger partial charge < -0.3 is 10.1 Å². The van der Waals surface area contributed by atoms with Gasteiger partial charge in [-0.3, -0.25) is 0 Å². The Kier molecular flexibility index (Phi) is 4.80. The zero-order valence-corrected chi connectivity index (χ0v) is 14.0. The maximum Gasteiger partial charge on any atom is 0.118 e. The number of nitrogens with one attached hydrogen (secondary N) is 1. The lowest BCUT2D eigenvalue weighted by molar-refractivity contribution is 0.282. The first-order valence-corrected chi connectivity index (χ1v) is 9.40. The van der Waals surface area contributed by atoms with Crippen molar-refractivity contribution in [2.24, 2.45) is 0 Å². The van der Waals surface area contributed by atoms with Gasteiger partial charge >= 0.3 is 0 Å². The van der Waals surface area contributed by atoms with Gasteiger partial charge in [0.05, 0.1) is 7.11 Å². The first kappa shape index (κ1) is 15.2. The Balaban J connectivity index is 1.45. The highest BCUT2D eigenvalue weighted by Crippen LogP contribution is 2.41. The second-order valence-corrected chi connectivity index (χ2v) is 7.89. The van der Waals surface area contributed by atoms with Gasteiger partial charge in [0, 0.05) is 17.3 Å². The van der Waals surface area contributed by atoms with Crippen LogP contribution in [0.4, 0.5) is 0 Å². The molecule has 0 radical (unpaired) electrons. The van der Waals surface area contributed by atoms with Gasteiger partial charge in [-0.1, -0.05) is 25.0 Å². The largest absolute Gasteiger partial charge is 0.497 e. The van der Waals surface area contributed by atoms with E-state index >= 15 is 0 Å². The van der Waals surface area contributed by atoms with Crippen molar-refractivity contribution in [2.75, 3.05) is 19.9 Å². The molecule has 0 saturated heterocycles. The van der Waals surface area contributed by atoms with E-state index in [4.69, 9.17) is 4.74 Å². The number of thioether (sulfide) groups is 1. The predicted octanol–water partition coefficient (Wildman–Crippen LogP) is 4.21. The second-order valence-electron chi connectivity index (χ2n) is 6.61. The molecule has 3 rings (SSSR count). The Morgan fingerprint density at radius 2 is 1.86 bits per heavy atom. The average molecular weight is 305 g/mol. The molecule has 0 amide bonds. The Labute approximate surface area is 133 Å². The van der Waals surface area contributed by atoms with E-state index in [2.05, 4.69) is 47.6 Å². The third-order valence-electron chi connectivity index (χ3n) is 5.39. The molecule has 0 atom stereocenters. The lowest BCUT2D eigenvalue weighted by Crippen LogP contribution is -2.46. The molecule has 2 nitrogen and oxygen atoms in total. The Bertz CT molecular complexity index is 447. The molecule has 1 aromatic carbocycles. The fourth-order valence-corrected chi connectivity index (χ4v) is 4.66. The van der Waals surface area contributed by atoms with Crippen LogP contribution in [0, 0.1) is 0 Å². The molecule has 1 N–H and O–H groups in total. The fourth-order valence-electron chi connectivity index (χ4n) is 3.74. The maximum atomic E-state index is 5.23. The Morgan fingerprint density at radius 1 is 1.19 bits per heavy atom. The van der Waals surface area contributed by atoms with Crippen LogP contribution in [0.3, 0.4) is 0 Å². The molecule has 116 valence electrons. The highest BCUT2D eigenvalue weighted by molar-refractivity contribution is 8.00. The van der Waals surface area contributed by atoms with Gasteiger partial charge in [0.1, 0.15) is 5.75 Å². The predicted molar refractivity (Wildman–Crippen MR) is 91.5 cm³/mol. The Hall–Kier alpha value is -0.670. The summed E-state index contributed by atoms with van der Waals surface area (Å²) in [6.07, 6.45) is 10.5. The SMILES string of the molecule is COc1ccc(C2CC(NCC3(SC)CCCC3)C2)cc1. The second kappa shape index (κ2) is 6.62. The summed E-state index contributed by atoms with van der Waals surface area (Å²) >= 11 is 2.08. The van der Waals surface area contributed by atoms with Crippen LogP contribution in [0.2, 0.25) is 0 Å². The van der Waals surface area contributed by atoms with Gasteiger partial charge in [-0.15, -0.1) is 0 Å². The fraction of sp³-hybridized carbons (Fsp3) is 0.667. The van der Waals surface area contributed by atoms with Crippen molar-refractivity contribution in [3.63, 3.8) is 0 Å². The van der Waals surface area contributed by atoms with E-state index in [1.807, 2.05) is 0 Å². The van der Waals surface area contributed by atoms with Crippen LogP contribution in [0.5, 0.6) is 5.75 Å². The van der Waals surface area contributed by atoms with E-state index in [1.165, 1.54) is 50.6 Å². The molecule has 0 heterocycles. The van der Waals surface area contributed by atoms with Crippen LogP contribution in [0.15, 0.2) is 24.3 Å². The minimum Gasteiger partial charge on any atom is -0.497 e. The van der Waals surface area contributed by atoms with Crippen LogP contribution in [-0.4, -0.2) is 30.7 Å². The molecule has 0 unspecified atom stereocenters. The number of hydrogen-bond acceptors (Lipinski definition) is 3. The molecule has 2 fully saturated rings. The summed E-state index contributed by atoms with van der Waals surface area (Å²) in [6, 6.07) is 9.33. The van der Waals surface area contributed by atoms with Crippen molar-refractivity contribution in [2.45, 2.75) is 55.2 Å². The molecule has 3 heteroatoms. The van der Waals surface area contributed by atoms with E-state index < -0.39 is 0 Å². The quantitative estimate of drug-likeness (QED) is 0.851. The smallest absolute Gasteiger partial charge is 0.118 e. The van der Waals surface area contributed by atoms with E-state index in [-0.39, 0.29) is 0 Å². The summed E-state index contributed by atoms with van der Waals surface area (Å²) in [4.78, 5) is 0. The number of rotatable bonds is 6. The number of ether oxygens (including phenoxy) is 1. The minimum absolute atomic E-state index is 0.533. The zero-order chi connectivity index (χ0) is 14.7. The summed E-state index contributed by atoms with van der Waals surface area (Å²) < 4.78 is 5.76. The lowest BCUT2D eigenvalue weighted by Gasteiger charge is -2.39. The Morgan fingerprint density at radius 3 is 2.43 bits per heavy atom. The van der Waals surface area contributed by atoms with Crippen molar-refractivity contribution < 1.29 is 4.74 Å². The topological polar surface area (TPSA) is 21.3 Å². The summed E-state index contributed by atoms with van der Waals surface area (Å²) in [7, 11) is 1.73. The van der Waals surface area contributed by atoms with Gasteiger partial charge in [0.2, 0.25) is 0 Å². The van der Waals surface area contributed by atoms with Gasteiger partial charge in [0.15, 0.2) is 0 Å². The van der Waals surface area contributed by atoms with Crippen LogP contribution >= 0.6 is 11.8 Å². The molecule has 2 aliphatic carbocycles. The number of methoxy groups -OCH3 is 1. The van der Waals surface area contributed by atoms with Crippen LogP contribution in [0.25, 0.3) is 0 Å². The standard InChI is InChI=1S/C18H27NOS/c1-20-17-7-5-14(6-8-17)15-11-16(12-15)19-13-18(21-2)9-3-4-10-18/h5-8,15-16,19H,3-4,9-13H2,1-2H3. The van der Waals surface area contributed by atoms with Crippen LogP contribution in [-0.2, 0) is 0 Å². The summed E-state index contributed by atoms with van der Waals surface area (Å²) in [5.74, 6) is 1.69. The first-order valence-electron chi connectivity index (χ1n) is 8.17. The molecule has 1 aromatic rings. The molecule has 21 heavy (non-hydrogen) atoms. The highest BCUT2D eigenvalue weighted by atomic mass is 32.2. The monoisotopic (exact) mass is 305 g/mol. The van der Waals surface area contributed by atoms with E-state index in [0.717, 1.165) is 17.7 Å². The molecule has 0 spiro atoms. The van der Waals surface area contributed by atoms with Crippen molar-refractivity contribution in [3.05, 3.63) is 29.8 Å². The molecule has 0 aromatic heterocycles. The highest BCUT2D eigenvalue weighted by Gasteiger charge is 2.36. The molecule has 0 bridgehead atoms. The van der Waals surface area contributed by atoms with Gasteiger partial charge in [-0.25, -0.2) is 0 Å². The van der Waals surface area contributed by atoms with Crippen molar-refractivity contribution in [1.29, 1.82) is 0 Å². The van der Waals surface area contributed by atoms with Crippen molar-refractivity contribution in [3.8, 4) is 5.75 Å². The van der Waals surface area contributed by atoms with Crippen LogP contribution < -0.4 is 10.1 Å². The van der Waals surface area contributed by atoms with Gasteiger partial charge in [-0.2, -0.15) is 11.8 Å². The molecule has 0 aliphatic heterocycles. The number of benzene rings is 1. The molecular weight excluding hydrogens is 278 g/mol. The third-order valence-corrected chi connectivity index (χ3v) is 6.80. The third kappa shape index (κ3) is 3.40. The van der Waals surface area contributed by atoms with E-state index in [0.29, 0.717) is 4.75 Å².